The highest BCUT2D eigenvalue weighted by Crippen LogP contribution is 2.14. The van der Waals surface area contributed by atoms with Crippen molar-refractivity contribution in [3.05, 3.63) is 35.4 Å². The fourth-order valence-electron chi connectivity index (χ4n) is 2.77. The Bertz CT molecular complexity index is 540. The van der Waals surface area contributed by atoms with Gasteiger partial charge in [-0.25, -0.2) is 0 Å². The standard InChI is InChI=1S/C17H25N3O2.ClH/c1-12-5-3-4-6-15(12)17(22)19-14-7-9-20(10-8-14)16(21)11-13(2)18;/h3-6,13-14H,7-11,18H2,1-2H3,(H,19,22);1H. The van der Waals surface area contributed by atoms with Gasteiger partial charge in [-0.15, -0.1) is 12.4 Å². The zero-order valence-electron chi connectivity index (χ0n) is 13.7. The summed E-state index contributed by atoms with van der Waals surface area (Å²) in [6, 6.07) is 7.60. The van der Waals surface area contributed by atoms with Crippen molar-refractivity contribution >= 4 is 24.2 Å². The van der Waals surface area contributed by atoms with Crippen LogP contribution in [0.1, 0.15) is 42.1 Å². The summed E-state index contributed by atoms with van der Waals surface area (Å²) in [6.07, 6.45) is 1.98. The number of hydrogen-bond donors (Lipinski definition) is 2. The van der Waals surface area contributed by atoms with E-state index < -0.39 is 0 Å². The fourth-order valence-corrected chi connectivity index (χ4v) is 2.77. The molecule has 1 fully saturated rings. The Morgan fingerprint density at radius 2 is 1.91 bits per heavy atom. The van der Waals surface area contributed by atoms with Crippen LogP contribution in [0.15, 0.2) is 24.3 Å². The predicted octanol–water partition coefficient (Wildman–Crippen LogP) is 1.87. The highest BCUT2D eigenvalue weighted by atomic mass is 35.5. The Kier molecular flexibility index (Phi) is 7.52. The van der Waals surface area contributed by atoms with Gasteiger partial charge in [-0.2, -0.15) is 0 Å². The van der Waals surface area contributed by atoms with Crippen molar-refractivity contribution in [2.45, 2.75) is 45.2 Å². The Morgan fingerprint density at radius 3 is 2.48 bits per heavy atom. The minimum atomic E-state index is -0.106. The lowest BCUT2D eigenvalue weighted by Crippen LogP contribution is -2.47. The summed E-state index contributed by atoms with van der Waals surface area (Å²) >= 11 is 0. The monoisotopic (exact) mass is 339 g/mol. The quantitative estimate of drug-likeness (QED) is 0.879. The van der Waals surface area contributed by atoms with Crippen molar-refractivity contribution < 1.29 is 9.59 Å². The molecule has 23 heavy (non-hydrogen) atoms. The number of carbonyl (C=O) groups excluding carboxylic acids is 2. The van der Waals surface area contributed by atoms with Gasteiger partial charge in [0.15, 0.2) is 0 Å². The average Bonchev–Trinajstić information content (AvgIpc) is 2.47. The molecule has 128 valence electrons. The Labute approximate surface area is 144 Å². The maximum Gasteiger partial charge on any atom is 0.251 e. The van der Waals surface area contributed by atoms with Gasteiger partial charge in [0, 0.05) is 37.2 Å². The zero-order chi connectivity index (χ0) is 16.1. The summed E-state index contributed by atoms with van der Waals surface area (Å²) in [5.74, 6) is 0.0807. The lowest BCUT2D eigenvalue weighted by Gasteiger charge is -2.33. The fraction of sp³-hybridized carbons (Fsp3) is 0.529. The third-order valence-electron chi connectivity index (χ3n) is 4.07. The molecule has 2 amide bonds. The third-order valence-corrected chi connectivity index (χ3v) is 4.07. The van der Waals surface area contributed by atoms with E-state index in [0.29, 0.717) is 19.5 Å². The van der Waals surface area contributed by atoms with Crippen LogP contribution in [0.25, 0.3) is 0 Å². The number of benzene rings is 1. The highest BCUT2D eigenvalue weighted by molar-refractivity contribution is 5.95. The third kappa shape index (κ3) is 5.52. The average molecular weight is 340 g/mol. The van der Waals surface area contributed by atoms with Crippen LogP contribution in [-0.4, -0.2) is 41.9 Å². The molecule has 1 aliphatic rings. The molecule has 1 heterocycles. The van der Waals surface area contributed by atoms with Crippen LogP contribution in [0.5, 0.6) is 0 Å². The molecular formula is C17H26ClN3O2. The van der Waals surface area contributed by atoms with Crippen molar-refractivity contribution in [1.82, 2.24) is 10.2 Å². The first-order chi connectivity index (χ1) is 10.5. The van der Waals surface area contributed by atoms with E-state index in [1.54, 1.807) is 0 Å². The number of hydrogen-bond acceptors (Lipinski definition) is 3. The van der Waals surface area contributed by atoms with Gasteiger partial charge in [0.2, 0.25) is 5.91 Å². The Morgan fingerprint density at radius 1 is 1.30 bits per heavy atom. The molecule has 0 radical (unpaired) electrons. The molecule has 1 atom stereocenters. The molecule has 1 saturated heterocycles. The van der Waals surface area contributed by atoms with Gasteiger partial charge in [-0.05, 0) is 38.3 Å². The molecule has 1 unspecified atom stereocenters. The molecule has 2 rings (SSSR count). The van der Waals surface area contributed by atoms with Crippen LogP contribution in [0.2, 0.25) is 0 Å². The lowest BCUT2D eigenvalue weighted by atomic mass is 10.0. The summed E-state index contributed by atoms with van der Waals surface area (Å²) in [5, 5.41) is 3.07. The number of nitrogens with zero attached hydrogens (tertiary/aromatic N) is 1. The van der Waals surface area contributed by atoms with Gasteiger partial charge in [0.1, 0.15) is 0 Å². The van der Waals surface area contributed by atoms with Gasteiger partial charge in [0.05, 0.1) is 0 Å². The second-order valence-corrected chi connectivity index (χ2v) is 6.12. The van der Waals surface area contributed by atoms with E-state index in [-0.39, 0.29) is 36.3 Å². The number of nitrogens with one attached hydrogen (secondary N) is 1. The molecule has 3 N–H and O–H groups in total. The largest absolute Gasteiger partial charge is 0.349 e. The molecule has 0 bridgehead atoms. The van der Waals surface area contributed by atoms with E-state index >= 15 is 0 Å². The number of carbonyl (C=O) groups is 2. The second kappa shape index (κ2) is 8.89. The number of amides is 2. The van der Waals surface area contributed by atoms with Crippen molar-refractivity contribution in [1.29, 1.82) is 0 Å². The van der Waals surface area contributed by atoms with Gasteiger partial charge >= 0.3 is 0 Å². The van der Waals surface area contributed by atoms with Crippen LogP contribution < -0.4 is 11.1 Å². The summed E-state index contributed by atoms with van der Waals surface area (Å²) in [7, 11) is 0. The Hall–Kier alpha value is -1.59. The van der Waals surface area contributed by atoms with E-state index in [1.807, 2.05) is 43.0 Å². The number of aryl methyl sites for hydroxylation is 1. The van der Waals surface area contributed by atoms with E-state index in [4.69, 9.17) is 5.73 Å². The zero-order valence-corrected chi connectivity index (χ0v) is 14.6. The van der Waals surface area contributed by atoms with Crippen molar-refractivity contribution in [2.24, 2.45) is 5.73 Å². The normalized spacial score (nSPS) is 16.4. The van der Waals surface area contributed by atoms with Crippen molar-refractivity contribution in [3.8, 4) is 0 Å². The Balaban J connectivity index is 0.00000264. The first-order valence-corrected chi connectivity index (χ1v) is 7.87. The van der Waals surface area contributed by atoms with Crippen LogP contribution in [-0.2, 0) is 4.79 Å². The summed E-state index contributed by atoms with van der Waals surface area (Å²) in [4.78, 5) is 26.1. The van der Waals surface area contributed by atoms with E-state index in [9.17, 15) is 9.59 Å². The van der Waals surface area contributed by atoms with Gasteiger partial charge in [-0.1, -0.05) is 18.2 Å². The summed E-state index contributed by atoms with van der Waals surface area (Å²) in [5.41, 5.74) is 7.36. The molecule has 1 aliphatic heterocycles. The van der Waals surface area contributed by atoms with Crippen molar-refractivity contribution in [3.63, 3.8) is 0 Å². The SMILES string of the molecule is Cc1ccccc1C(=O)NC1CCN(C(=O)CC(C)N)CC1.Cl. The molecule has 6 heteroatoms. The maximum atomic E-state index is 12.3. The number of rotatable bonds is 4. The summed E-state index contributed by atoms with van der Waals surface area (Å²) < 4.78 is 0. The molecule has 0 aliphatic carbocycles. The van der Waals surface area contributed by atoms with Crippen LogP contribution in [0.4, 0.5) is 0 Å². The molecule has 5 nitrogen and oxygen atoms in total. The van der Waals surface area contributed by atoms with Crippen LogP contribution >= 0.6 is 12.4 Å². The minimum absolute atomic E-state index is 0. The molecule has 1 aromatic carbocycles. The smallest absolute Gasteiger partial charge is 0.251 e. The molecule has 0 spiro atoms. The van der Waals surface area contributed by atoms with Crippen LogP contribution in [0.3, 0.4) is 0 Å². The van der Waals surface area contributed by atoms with Gasteiger partial charge in [-0.3, -0.25) is 9.59 Å². The first-order valence-electron chi connectivity index (χ1n) is 7.87. The number of likely N-dealkylation sites (tertiary alicyclic amines) is 1. The molecule has 0 aromatic heterocycles. The highest BCUT2D eigenvalue weighted by Gasteiger charge is 2.24. The van der Waals surface area contributed by atoms with Crippen molar-refractivity contribution in [2.75, 3.05) is 13.1 Å². The number of nitrogens with two attached hydrogens (primary N) is 1. The maximum absolute atomic E-state index is 12.3. The van der Waals surface area contributed by atoms with Gasteiger partial charge in [0.25, 0.3) is 5.91 Å². The lowest BCUT2D eigenvalue weighted by molar-refractivity contribution is -0.132. The second-order valence-electron chi connectivity index (χ2n) is 6.12. The van der Waals surface area contributed by atoms with E-state index in [2.05, 4.69) is 5.32 Å². The minimum Gasteiger partial charge on any atom is -0.349 e. The molecule has 0 saturated carbocycles. The summed E-state index contributed by atoms with van der Waals surface area (Å²) in [6.45, 7) is 5.14. The van der Waals surface area contributed by atoms with Crippen LogP contribution in [0, 0.1) is 6.92 Å². The molecule has 1 aromatic rings. The number of piperidine rings is 1. The van der Waals surface area contributed by atoms with Gasteiger partial charge < -0.3 is 16.0 Å². The van der Waals surface area contributed by atoms with E-state index in [1.165, 1.54) is 0 Å². The van der Waals surface area contributed by atoms with E-state index in [0.717, 1.165) is 24.0 Å². The topological polar surface area (TPSA) is 75.4 Å². The molecular weight excluding hydrogens is 314 g/mol. The number of halogens is 1. The first kappa shape index (κ1) is 19.5. The predicted molar refractivity (Wildman–Crippen MR) is 93.8 cm³/mol.